The van der Waals surface area contributed by atoms with E-state index in [1.54, 1.807) is 18.2 Å². The van der Waals surface area contributed by atoms with Crippen molar-refractivity contribution in [3.63, 3.8) is 0 Å². The molecule has 0 aliphatic heterocycles. The monoisotopic (exact) mass is 455 g/mol. The third-order valence-electron chi connectivity index (χ3n) is 2.78. The number of nitrogens with two attached hydrogens (primary N) is 2. The van der Waals surface area contributed by atoms with Crippen LogP contribution in [0.1, 0.15) is 0 Å². The SMILES string of the molecule is Nc1nnc(SCC(=O)Nc2cccc(NC(=O)CSc3nnc(N)s3)n2)s1. The van der Waals surface area contributed by atoms with Crippen LogP contribution in [0, 0.1) is 0 Å². The molecule has 3 aromatic rings. The van der Waals surface area contributed by atoms with Gasteiger partial charge in [-0.15, -0.1) is 20.4 Å². The molecule has 146 valence electrons. The van der Waals surface area contributed by atoms with Gasteiger partial charge in [-0.2, -0.15) is 0 Å². The summed E-state index contributed by atoms with van der Waals surface area (Å²) in [6.45, 7) is 0. The van der Waals surface area contributed by atoms with E-state index in [-0.39, 0.29) is 23.3 Å². The summed E-state index contributed by atoms with van der Waals surface area (Å²) in [5.41, 5.74) is 11.0. The van der Waals surface area contributed by atoms with Crippen LogP contribution in [0.5, 0.6) is 0 Å². The number of amides is 2. The van der Waals surface area contributed by atoms with E-state index in [9.17, 15) is 9.59 Å². The second kappa shape index (κ2) is 9.63. The predicted molar refractivity (Wildman–Crippen MR) is 112 cm³/mol. The molecule has 0 spiro atoms. The third kappa shape index (κ3) is 6.29. The van der Waals surface area contributed by atoms with Gasteiger partial charge in [-0.05, 0) is 12.1 Å². The average molecular weight is 456 g/mol. The molecular weight excluding hydrogens is 442 g/mol. The Morgan fingerprint density at radius 2 is 1.32 bits per heavy atom. The number of hydrogen-bond acceptors (Lipinski definition) is 13. The van der Waals surface area contributed by atoms with Gasteiger partial charge in [0.15, 0.2) is 8.68 Å². The van der Waals surface area contributed by atoms with Gasteiger partial charge < -0.3 is 22.1 Å². The molecule has 0 saturated carbocycles. The van der Waals surface area contributed by atoms with Gasteiger partial charge in [-0.3, -0.25) is 9.59 Å². The molecule has 3 heterocycles. The lowest BCUT2D eigenvalue weighted by atomic mass is 10.4. The smallest absolute Gasteiger partial charge is 0.235 e. The highest BCUT2D eigenvalue weighted by atomic mass is 32.2. The summed E-state index contributed by atoms with van der Waals surface area (Å²) in [6.07, 6.45) is 0. The molecule has 6 N–H and O–H groups in total. The van der Waals surface area contributed by atoms with E-state index in [2.05, 4.69) is 36.0 Å². The minimum Gasteiger partial charge on any atom is -0.374 e. The lowest BCUT2D eigenvalue weighted by Gasteiger charge is -2.07. The minimum atomic E-state index is -0.265. The molecule has 0 aromatic carbocycles. The molecule has 0 fully saturated rings. The van der Waals surface area contributed by atoms with Crippen LogP contribution in [-0.2, 0) is 9.59 Å². The molecule has 0 bridgehead atoms. The summed E-state index contributed by atoms with van der Waals surface area (Å²) in [6, 6.07) is 4.93. The van der Waals surface area contributed by atoms with Gasteiger partial charge >= 0.3 is 0 Å². The zero-order valence-electron chi connectivity index (χ0n) is 14.0. The highest BCUT2D eigenvalue weighted by molar-refractivity contribution is 8.02. The van der Waals surface area contributed by atoms with Crippen molar-refractivity contribution >= 4 is 79.9 Å². The molecule has 0 unspecified atom stereocenters. The number of carbonyl (C=O) groups is 2. The highest BCUT2D eigenvalue weighted by Crippen LogP contribution is 2.24. The molecule has 0 aliphatic rings. The maximum absolute atomic E-state index is 12.0. The molecule has 0 saturated heterocycles. The van der Waals surface area contributed by atoms with Crippen LogP contribution in [0.15, 0.2) is 26.9 Å². The van der Waals surface area contributed by atoms with Crippen LogP contribution in [-0.4, -0.2) is 48.7 Å². The van der Waals surface area contributed by atoms with Crippen molar-refractivity contribution in [2.75, 3.05) is 33.6 Å². The maximum Gasteiger partial charge on any atom is 0.235 e. The summed E-state index contributed by atoms with van der Waals surface area (Å²) in [5, 5.41) is 21.0. The van der Waals surface area contributed by atoms with Crippen molar-refractivity contribution in [2.45, 2.75) is 8.68 Å². The number of thioether (sulfide) groups is 2. The number of hydrogen-bond donors (Lipinski definition) is 4. The van der Waals surface area contributed by atoms with Gasteiger partial charge in [-0.1, -0.05) is 52.3 Å². The van der Waals surface area contributed by atoms with Gasteiger partial charge in [0.1, 0.15) is 11.6 Å². The molecule has 3 rings (SSSR count). The Balaban J connectivity index is 1.47. The van der Waals surface area contributed by atoms with Crippen molar-refractivity contribution in [3.05, 3.63) is 18.2 Å². The van der Waals surface area contributed by atoms with Crippen molar-refractivity contribution in [1.29, 1.82) is 0 Å². The fourth-order valence-electron chi connectivity index (χ4n) is 1.74. The maximum atomic E-state index is 12.0. The number of nitrogens with one attached hydrogen (secondary N) is 2. The minimum absolute atomic E-state index is 0.133. The number of pyridine rings is 1. The number of carbonyl (C=O) groups excluding carboxylic acids is 2. The molecule has 28 heavy (non-hydrogen) atoms. The quantitative estimate of drug-likeness (QED) is 0.361. The Morgan fingerprint density at radius 1 is 0.857 bits per heavy atom. The first-order valence-electron chi connectivity index (χ1n) is 7.48. The lowest BCUT2D eigenvalue weighted by Crippen LogP contribution is -2.17. The van der Waals surface area contributed by atoms with Crippen molar-refractivity contribution < 1.29 is 9.59 Å². The van der Waals surface area contributed by atoms with Crippen molar-refractivity contribution in [1.82, 2.24) is 25.4 Å². The van der Waals surface area contributed by atoms with E-state index in [4.69, 9.17) is 11.5 Å². The molecule has 15 heteroatoms. The predicted octanol–water partition coefficient (Wildman–Crippen LogP) is 1.41. The van der Waals surface area contributed by atoms with Crippen molar-refractivity contribution in [2.24, 2.45) is 0 Å². The van der Waals surface area contributed by atoms with Gasteiger partial charge in [0.05, 0.1) is 11.5 Å². The van der Waals surface area contributed by atoms with E-state index < -0.39 is 0 Å². The summed E-state index contributed by atoms with van der Waals surface area (Å²) in [5.74, 6) is 0.385. The molecule has 11 nitrogen and oxygen atoms in total. The Bertz CT molecular complexity index is 903. The van der Waals surface area contributed by atoms with Crippen LogP contribution < -0.4 is 22.1 Å². The Kier molecular flexibility index (Phi) is 6.96. The Morgan fingerprint density at radius 3 is 1.71 bits per heavy atom. The van der Waals surface area contributed by atoms with E-state index in [0.717, 1.165) is 0 Å². The number of anilines is 4. The second-order valence-corrected chi connectivity index (χ2v) is 9.36. The average Bonchev–Trinajstić information content (AvgIpc) is 3.26. The van der Waals surface area contributed by atoms with Crippen molar-refractivity contribution in [3.8, 4) is 0 Å². The summed E-state index contributed by atoms with van der Waals surface area (Å²) in [7, 11) is 0. The molecule has 0 radical (unpaired) electrons. The van der Waals surface area contributed by atoms with Crippen LogP contribution in [0.3, 0.4) is 0 Å². The van der Waals surface area contributed by atoms with E-state index in [0.29, 0.717) is 30.6 Å². The zero-order chi connectivity index (χ0) is 19.9. The normalized spacial score (nSPS) is 10.6. The van der Waals surface area contributed by atoms with E-state index in [1.807, 2.05) is 0 Å². The largest absolute Gasteiger partial charge is 0.374 e. The standard InChI is InChI=1S/C13H13N9O2S4/c14-10-19-21-12(27-10)25-4-8(23)17-6-2-1-3-7(16-6)18-9(24)5-26-13-22-20-11(15)28-13/h1-3H,4-5H2,(H2,14,19)(H2,15,20)(H2,16,17,18,23,24). The van der Waals surface area contributed by atoms with Gasteiger partial charge in [0.25, 0.3) is 0 Å². The summed E-state index contributed by atoms with van der Waals surface area (Å²) < 4.78 is 1.22. The van der Waals surface area contributed by atoms with Crippen LogP contribution in [0.2, 0.25) is 0 Å². The Hall–Kier alpha value is -2.49. The molecular formula is C13H13N9O2S4. The molecule has 0 aliphatic carbocycles. The first-order chi connectivity index (χ1) is 13.5. The number of aromatic nitrogens is 5. The van der Waals surface area contributed by atoms with E-state index >= 15 is 0 Å². The number of nitrogens with zero attached hydrogens (tertiary/aromatic N) is 5. The number of nitrogen functional groups attached to an aromatic ring is 2. The van der Waals surface area contributed by atoms with Crippen LogP contribution >= 0.6 is 46.2 Å². The lowest BCUT2D eigenvalue weighted by molar-refractivity contribution is -0.114. The summed E-state index contributed by atoms with van der Waals surface area (Å²) >= 11 is 4.86. The first-order valence-corrected chi connectivity index (χ1v) is 11.1. The number of rotatable bonds is 8. The molecule has 2 amide bonds. The van der Waals surface area contributed by atoms with Crippen LogP contribution in [0.4, 0.5) is 21.9 Å². The third-order valence-corrected chi connectivity index (χ3v) is 6.55. The highest BCUT2D eigenvalue weighted by Gasteiger charge is 2.10. The zero-order valence-corrected chi connectivity index (χ0v) is 17.3. The first kappa shape index (κ1) is 20.2. The van der Waals surface area contributed by atoms with Crippen LogP contribution in [0.25, 0.3) is 0 Å². The van der Waals surface area contributed by atoms with Gasteiger partial charge in [0.2, 0.25) is 22.1 Å². The Labute approximate surface area is 175 Å². The summed E-state index contributed by atoms with van der Waals surface area (Å²) in [4.78, 5) is 28.3. The molecule has 3 aromatic heterocycles. The molecule has 0 atom stereocenters. The fourth-order valence-corrected chi connectivity index (χ4v) is 4.62. The fraction of sp³-hybridized carbons (Fsp3) is 0.154. The van der Waals surface area contributed by atoms with Gasteiger partial charge in [0, 0.05) is 0 Å². The van der Waals surface area contributed by atoms with Gasteiger partial charge in [-0.25, -0.2) is 4.98 Å². The topological polar surface area (TPSA) is 175 Å². The van der Waals surface area contributed by atoms with E-state index in [1.165, 1.54) is 46.2 Å². The second-order valence-electron chi connectivity index (χ2n) is 4.89.